The number of nitrogens with two attached hydrogens (primary N) is 1. The van der Waals surface area contributed by atoms with E-state index in [0.717, 1.165) is 18.2 Å². The van der Waals surface area contributed by atoms with Crippen LogP contribution in [0.4, 0.5) is 13.2 Å². The molecule has 0 unspecified atom stereocenters. The van der Waals surface area contributed by atoms with Crippen molar-refractivity contribution >= 4 is 27.4 Å². The molecule has 0 bridgehead atoms. The molecule has 3 aromatic carbocycles. The van der Waals surface area contributed by atoms with Crippen molar-refractivity contribution < 1.29 is 26.4 Å². The summed E-state index contributed by atoms with van der Waals surface area (Å²) in [4.78, 5) is 13.7. The van der Waals surface area contributed by atoms with E-state index in [1.165, 1.54) is 12.1 Å². The minimum Gasteiger partial charge on any atom is -0.321 e. The maximum absolute atomic E-state index is 15.2. The maximum Gasteiger partial charge on any atom is 0.217 e. The normalized spacial score (nSPS) is 21.0. The minimum absolute atomic E-state index is 0.191. The Morgan fingerprint density at radius 3 is 2.35 bits per heavy atom. The number of halogens is 4. The number of carbonyl (C=O) groups is 1. The van der Waals surface area contributed by atoms with Crippen LogP contribution in [0, 0.1) is 17.5 Å². The third kappa shape index (κ3) is 7.15. The van der Waals surface area contributed by atoms with Gasteiger partial charge in [-0.2, -0.15) is 4.31 Å². The molecule has 11 heteroatoms. The van der Waals surface area contributed by atoms with Crippen LogP contribution < -0.4 is 11.1 Å². The van der Waals surface area contributed by atoms with E-state index < -0.39 is 45.2 Å². The van der Waals surface area contributed by atoms with Gasteiger partial charge in [0.15, 0.2) is 5.78 Å². The van der Waals surface area contributed by atoms with Crippen LogP contribution in [0.3, 0.4) is 0 Å². The Kier molecular flexibility index (Phi) is 9.63. The van der Waals surface area contributed by atoms with Crippen LogP contribution >= 0.6 is 11.6 Å². The number of benzene rings is 3. The van der Waals surface area contributed by atoms with Gasteiger partial charge in [-0.1, -0.05) is 35.9 Å². The summed E-state index contributed by atoms with van der Waals surface area (Å²) in [6.45, 7) is 2.87. The quantitative estimate of drug-likeness (QED) is 0.306. The third-order valence-electron chi connectivity index (χ3n) is 8.37. The first-order valence-corrected chi connectivity index (χ1v) is 16.3. The molecule has 1 saturated carbocycles. The van der Waals surface area contributed by atoms with Gasteiger partial charge >= 0.3 is 0 Å². The summed E-state index contributed by atoms with van der Waals surface area (Å²) in [5.41, 5.74) is 8.00. The summed E-state index contributed by atoms with van der Waals surface area (Å²) in [6, 6.07) is 12.2. The van der Waals surface area contributed by atoms with E-state index in [1.807, 2.05) is 6.92 Å². The van der Waals surface area contributed by atoms with Gasteiger partial charge in [-0.15, -0.1) is 0 Å². The lowest BCUT2D eigenvalue weighted by molar-refractivity contribution is -0.119. The molecule has 2 aliphatic rings. The highest BCUT2D eigenvalue weighted by Gasteiger charge is 2.45. The fourth-order valence-electron chi connectivity index (χ4n) is 6.11. The van der Waals surface area contributed by atoms with Crippen LogP contribution in [0.1, 0.15) is 54.4 Å². The van der Waals surface area contributed by atoms with E-state index in [-0.39, 0.29) is 35.7 Å². The molecular weight excluding hydrogens is 599 g/mol. The van der Waals surface area contributed by atoms with Gasteiger partial charge in [-0.3, -0.25) is 4.79 Å². The molecular formula is C32H35ClF3N3O3S. The van der Waals surface area contributed by atoms with E-state index in [0.29, 0.717) is 54.1 Å². The number of hydrogen-bond donors (Lipinski definition) is 2. The second kappa shape index (κ2) is 13.1. The minimum atomic E-state index is -3.45. The average molecular weight is 634 g/mol. The van der Waals surface area contributed by atoms with Crippen LogP contribution in [0.25, 0.3) is 0 Å². The van der Waals surface area contributed by atoms with Crippen molar-refractivity contribution in [2.45, 2.75) is 68.3 Å². The number of hydrogen-bond acceptors (Lipinski definition) is 5. The Morgan fingerprint density at radius 2 is 1.70 bits per heavy atom. The fourth-order valence-corrected chi connectivity index (χ4v) is 8.48. The Hall–Kier alpha value is -2.76. The van der Waals surface area contributed by atoms with Crippen molar-refractivity contribution in [1.82, 2.24) is 9.62 Å². The molecule has 1 aliphatic carbocycles. The van der Waals surface area contributed by atoms with Crippen LogP contribution in [0.15, 0.2) is 60.7 Å². The third-order valence-corrected chi connectivity index (χ3v) is 11.2. The van der Waals surface area contributed by atoms with Gasteiger partial charge in [0.25, 0.3) is 0 Å². The van der Waals surface area contributed by atoms with E-state index >= 15 is 4.39 Å². The number of piperazine rings is 1. The molecule has 3 aromatic rings. The van der Waals surface area contributed by atoms with Gasteiger partial charge in [-0.25, -0.2) is 21.6 Å². The van der Waals surface area contributed by atoms with Gasteiger partial charge < -0.3 is 11.1 Å². The van der Waals surface area contributed by atoms with Crippen molar-refractivity contribution in [1.29, 1.82) is 0 Å². The standard InChI is InChI=1S/C32H35ClF3N3O3S/c1-19-17-38-18-26(39(19)43(41,42)27-10-11-27)9-12-28-21(3-2-4-29(28)36)15-30(40)32(37)31(20-5-7-23(33)8-6-20)22-13-24(34)16-25(35)14-22/h2-8,13-14,16,19,26-27,31-32,38H,9-12,15,17-18,37H2,1H3/t19-,26-,31-,32+/m0/s1. The molecule has 0 radical (unpaired) electrons. The van der Waals surface area contributed by atoms with E-state index in [4.69, 9.17) is 17.3 Å². The van der Waals surface area contributed by atoms with E-state index in [1.54, 1.807) is 34.6 Å². The first kappa shape index (κ1) is 31.7. The number of nitrogens with one attached hydrogen (secondary N) is 1. The monoisotopic (exact) mass is 633 g/mol. The molecule has 4 atom stereocenters. The van der Waals surface area contributed by atoms with Crippen LogP contribution in [0.2, 0.25) is 5.02 Å². The Balaban J connectivity index is 1.38. The maximum atomic E-state index is 15.2. The average Bonchev–Trinajstić information content (AvgIpc) is 3.80. The molecule has 2 fully saturated rings. The Labute approximate surface area is 255 Å². The highest BCUT2D eigenvalue weighted by atomic mass is 35.5. The predicted molar refractivity (Wildman–Crippen MR) is 161 cm³/mol. The molecule has 0 amide bonds. The summed E-state index contributed by atoms with van der Waals surface area (Å²) >= 11 is 6.05. The topological polar surface area (TPSA) is 92.5 Å². The van der Waals surface area contributed by atoms with Crippen LogP contribution in [-0.2, 0) is 27.7 Å². The zero-order valence-electron chi connectivity index (χ0n) is 23.8. The highest BCUT2D eigenvalue weighted by Crippen LogP contribution is 2.35. The van der Waals surface area contributed by atoms with Gasteiger partial charge in [0, 0.05) is 48.6 Å². The van der Waals surface area contributed by atoms with Gasteiger partial charge in [-0.05, 0) is 85.2 Å². The zero-order valence-corrected chi connectivity index (χ0v) is 25.4. The molecule has 0 aromatic heterocycles. The van der Waals surface area contributed by atoms with Crippen molar-refractivity contribution in [2.75, 3.05) is 13.1 Å². The number of ketones is 1. The van der Waals surface area contributed by atoms with Gasteiger partial charge in [0.1, 0.15) is 17.5 Å². The van der Waals surface area contributed by atoms with Crippen molar-refractivity contribution in [3.8, 4) is 0 Å². The second-order valence-electron chi connectivity index (χ2n) is 11.6. The predicted octanol–water partition coefficient (Wildman–Crippen LogP) is 5.12. The Bertz CT molecular complexity index is 1560. The summed E-state index contributed by atoms with van der Waals surface area (Å²) in [6.07, 6.45) is 1.69. The zero-order chi connectivity index (χ0) is 30.9. The molecule has 43 heavy (non-hydrogen) atoms. The molecule has 230 valence electrons. The first-order valence-electron chi connectivity index (χ1n) is 14.4. The molecule has 1 aliphatic heterocycles. The van der Waals surface area contributed by atoms with Crippen molar-refractivity contribution in [2.24, 2.45) is 5.73 Å². The van der Waals surface area contributed by atoms with E-state index in [2.05, 4.69) is 5.32 Å². The molecule has 3 N–H and O–H groups in total. The number of sulfonamides is 1. The molecule has 1 saturated heterocycles. The lowest BCUT2D eigenvalue weighted by Crippen LogP contribution is -2.59. The molecule has 0 spiro atoms. The summed E-state index contributed by atoms with van der Waals surface area (Å²) in [5.74, 6) is -3.42. The SMILES string of the molecule is C[C@H]1CNC[C@H](CCc2c(F)cccc2CC(=O)[C@@H](N)[C@@H](c2ccc(Cl)cc2)c2cc(F)cc(F)c2)N1S(=O)(=O)C1CC1. The fraction of sp³-hybridized carbons (Fsp3) is 0.406. The van der Waals surface area contributed by atoms with Crippen molar-refractivity contribution in [3.05, 3.63) is 105 Å². The van der Waals surface area contributed by atoms with Gasteiger partial charge in [0.05, 0.1) is 11.3 Å². The summed E-state index contributed by atoms with van der Waals surface area (Å²) in [5, 5.41) is 3.38. The van der Waals surface area contributed by atoms with Gasteiger partial charge in [0.2, 0.25) is 10.0 Å². The molecule has 5 rings (SSSR count). The highest BCUT2D eigenvalue weighted by molar-refractivity contribution is 7.90. The summed E-state index contributed by atoms with van der Waals surface area (Å²) in [7, 11) is -3.45. The van der Waals surface area contributed by atoms with E-state index in [9.17, 15) is 22.0 Å². The van der Waals surface area contributed by atoms with Crippen LogP contribution in [-0.4, -0.2) is 55.0 Å². The largest absolute Gasteiger partial charge is 0.321 e. The Morgan fingerprint density at radius 1 is 1.02 bits per heavy atom. The van der Waals surface area contributed by atoms with Crippen molar-refractivity contribution in [3.63, 3.8) is 0 Å². The lowest BCUT2D eigenvalue weighted by Gasteiger charge is -2.40. The number of nitrogens with zero attached hydrogens (tertiary/aromatic N) is 1. The summed E-state index contributed by atoms with van der Waals surface area (Å²) < 4.78 is 71.7. The molecule has 6 nitrogen and oxygen atoms in total. The lowest BCUT2D eigenvalue weighted by atomic mass is 9.82. The number of rotatable bonds is 11. The second-order valence-corrected chi connectivity index (χ2v) is 14.1. The molecule has 1 heterocycles. The number of carbonyl (C=O) groups excluding carboxylic acids is 1. The van der Waals surface area contributed by atoms with Crippen LogP contribution in [0.5, 0.6) is 0 Å². The number of Topliss-reactive ketones (excluding diaryl/α,β-unsaturated/α-hetero) is 1. The smallest absolute Gasteiger partial charge is 0.217 e. The first-order chi connectivity index (χ1) is 20.5.